The predicted molar refractivity (Wildman–Crippen MR) is 115 cm³/mol. The lowest BCUT2D eigenvalue weighted by molar-refractivity contribution is -0.150. The van der Waals surface area contributed by atoms with E-state index in [1.807, 2.05) is 20.8 Å². The number of hydrogen-bond donors (Lipinski definition) is 0. The molecule has 2 heteroatoms. The van der Waals surface area contributed by atoms with Gasteiger partial charge in [0.05, 0.1) is 0 Å². The third-order valence-electron chi connectivity index (χ3n) is 4.77. The van der Waals surface area contributed by atoms with Gasteiger partial charge < -0.3 is 4.74 Å². The Morgan fingerprint density at radius 3 is 1.38 bits per heavy atom. The summed E-state index contributed by atoms with van der Waals surface area (Å²) >= 11 is 0. The first-order valence-electron chi connectivity index (χ1n) is 11.3. The minimum absolute atomic E-state index is 0.233. The summed E-state index contributed by atoms with van der Waals surface area (Å²) < 4.78 is 5.34. The standard InChI is InChI=1S/C24H46O2/c1-6-7-8-9-10-11-12-13-14-15-16-17-18-19-20-21-22(2)23(25)26-24(3,4)5/h2,6-21H2,1,3-5H3. The highest BCUT2D eigenvalue weighted by atomic mass is 16.6. The predicted octanol–water partition coefficient (Wildman–Crippen LogP) is 8.15. The first-order valence-corrected chi connectivity index (χ1v) is 11.3. The Balaban J connectivity index is 3.29. The van der Waals surface area contributed by atoms with Crippen molar-refractivity contribution >= 4 is 5.97 Å². The highest BCUT2D eigenvalue weighted by molar-refractivity contribution is 5.87. The van der Waals surface area contributed by atoms with Crippen LogP contribution in [0.3, 0.4) is 0 Å². The van der Waals surface area contributed by atoms with Gasteiger partial charge >= 0.3 is 5.97 Å². The van der Waals surface area contributed by atoms with Crippen LogP contribution in [0.2, 0.25) is 0 Å². The molecule has 0 aromatic rings. The maximum Gasteiger partial charge on any atom is 0.333 e. The number of unbranched alkanes of at least 4 members (excludes halogenated alkanes) is 14. The second-order valence-electron chi connectivity index (χ2n) is 8.81. The fourth-order valence-corrected chi connectivity index (χ4v) is 3.16. The van der Waals surface area contributed by atoms with E-state index in [0.717, 1.165) is 12.8 Å². The minimum Gasteiger partial charge on any atom is -0.457 e. The lowest BCUT2D eigenvalue weighted by atomic mass is 10.0. The lowest BCUT2D eigenvalue weighted by Crippen LogP contribution is -2.24. The molecule has 0 spiro atoms. The van der Waals surface area contributed by atoms with Crippen LogP contribution in [0.4, 0.5) is 0 Å². The molecule has 154 valence electrons. The molecule has 0 heterocycles. The Morgan fingerprint density at radius 1 is 0.692 bits per heavy atom. The fourth-order valence-electron chi connectivity index (χ4n) is 3.16. The van der Waals surface area contributed by atoms with E-state index >= 15 is 0 Å². The van der Waals surface area contributed by atoms with Crippen molar-refractivity contribution in [2.75, 3.05) is 0 Å². The molecule has 0 N–H and O–H groups in total. The smallest absolute Gasteiger partial charge is 0.333 e. The molecule has 0 aromatic heterocycles. The Kier molecular flexibility index (Phi) is 15.9. The SMILES string of the molecule is C=C(CCCCCCCCCCCCCCCCC)C(=O)OC(C)(C)C. The molecule has 0 rings (SSSR count). The van der Waals surface area contributed by atoms with Crippen molar-refractivity contribution in [3.05, 3.63) is 12.2 Å². The van der Waals surface area contributed by atoms with Gasteiger partial charge in [0.25, 0.3) is 0 Å². The Bertz CT molecular complexity index is 352. The Labute approximate surface area is 164 Å². The first kappa shape index (κ1) is 25.2. The number of carbonyl (C=O) groups is 1. The van der Waals surface area contributed by atoms with Gasteiger partial charge in [-0.05, 0) is 33.6 Å². The average molecular weight is 367 g/mol. The van der Waals surface area contributed by atoms with Crippen LogP contribution in [0.15, 0.2) is 12.2 Å². The fraction of sp³-hybridized carbons (Fsp3) is 0.875. The van der Waals surface area contributed by atoms with Gasteiger partial charge in [-0.3, -0.25) is 0 Å². The molecule has 0 radical (unpaired) electrons. The number of ether oxygens (including phenoxy) is 1. The molecule has 0 fully saturated rings. The summed E-state index contributed by atoms with van der Waals surface area (Å²) in [7, 11) is 0. The molecule has 0 saturated heterocycles. The highest BCUT2D eigenvalue weighted by Gasteiger charge is 2.18. The quantitative estimate of drug-likeness (QED) is 0.147. The second-order valence-corrected chi connectivity index (χ2v) is 8.81. The monoisotopic (exact) mass is 366 g/mol. The number of carbonyl (C=O) groups excluding carboxylic acids is 1. The summed E-state index contributed by atoms with van der Waals surface area (Å²) in [4.78, 5) is 11.8. The van der Waals surface area contributed by atoms with Crippen LogP contribution in [-0.4, -0.2) is 11.6 Å². The second kappa shape index (κ2) is 16.4. The molecule has 0 bridgehead atoms. The Hall–Kier alpha value is -0.790. The molecule has 0 unspecified atom stereocenters. The van der Waals surface area contributed by atoms with Crippen molar-refractivity contribution < 1.29 is 9.53 Å². The summed E-state index contributed by atoms with van der Waals surface area (Å²) in [6.45, 7) is 11.8. The van der Waals surface area contributed by atoms with Gasteiger partial charge in [0, 0.05) is 5.57 Å². The topological polar surface area (TPSA) is 26.3 Å². The number of esters is 1. The van der Waals surface area contributed by atoms with Crippen molar-refractivity contribution in [2.45, 2.75) is 136 Å². The number of rotatable bonds is 17. The minimum atomic E-state index is -0.422. The van der Waals surface area contributed by atoms with Crippen molar-refractivity contribution in [1.29, 1.82) is 0 Å². The molecule has 0 amide bonds. The van der Waals surface area contributed by atoms with Crippen LogP contribution in [0.25, 0.3) is 0 Å². The van der Waals surface area contributed by atoms with E-state index in [0.29, 0.717) is 5.57 Å². The van der Waals surface area contributed by atoms with Crippen molar-refractivity contribution in [3.63, 3.8) is 0 Å². The van der Waals surface area contributed by atoms with E-state index in [1.165, 1.54) is 89.9 Å². The van der Waals surface area contributed by atoms with E-state index in [4.69, 9.17) is 4.74 Å². The maximum absolute atomic E-state index is 11.8. The van der Waals surface area contributed by atoms with Crippen LogP contribution >= 0.6 is 0 Å². The molecule has 0 aliphatic rings. The lowest BCUT2D eigenvalue weighted by Gasteiger charge is -2.20. The van der Waals surface area contributed by atoms with Gasteiger partial charge in [-0.2, -0.15) is 0 Å². The largest absolute Gasteiger partial charge is 0.457 e. The van der Waals surface area contributed by atoms with E-state index in [1.54, 1.807) is 0 Å². The van der Waals surface area contributed by atoms with Gasteiger partial charge in [0.2, 0.25) is 0 Å². The van der Waals surface area contributed by atoms with Gasteiger partial charge in [-0.1, -0.05) is 103 Å². The molecule has 26 heavy (non-hydrogen) atoms. The summed E-state index contributed by atoms with van der Waals surface area (Å²) in [5.74, 6) is -0.233. The van der Waals surface area contributed by atoms with Gasteiger partial charge in [-0.15, -0.1) is 0 Å². The van der Waals surface area contributed by atoms with Crippen LogP contribution in [-0.2, 0) is 9.53 Å². The zero-order valence-corrected chi connectivity index (χ0v) is 18.3. The van der Waals surface area contributed by atoms with Gasteiger partial charge in [0.1, 0.15) is 5.60 Å². The van der Waals surface area contributed by atoms with Crippen molar-refractivity contribution in [2.24, 2.45) is 0 Å². The van der Waals surface area contributed by atoms with E-state index in [-0.39, 0.29) is 5.97 Å². The van der Waals surface area contributed by atoms with Gasteiger partial charge in [0.15, 0.2) is 0 Å². The summed E-state index contributed by atoms with van der Waals surface area (Å²) in [5.41, 5.74) is 0.198. The summed E-state index contributed by atoms with van der Waals surface area (Å²) in [6, 6.07) is 0. The normalized spacial score (nSPS) is 11.5. The van der Waals surface area contributed by atoms with Crippen LogP contribution in [0.1, 0.15) is 130 Å². The zero-order valence-electron chi connectivity index (χ0n) is 18.3. The zero-order chi connectivity index (χ0) is 19.7. The van der Waals surface area contributed by atoms with Crippen molar-refractivity contribution in [1.82, 2.24) is 0 Å². The highest BCUT2D eigenvalue weighted by Crippen LogP contribution is 2.16. The molecule has 0 atom stereocenters. The molecule has 0 aliphatic heterocycles. The van der Waals surface area contributed by atoms with Crippen LogP contribution < -0.4 is 0 Å². The summed E-state index contributed by atoms with van der Waals surface area (Å²) in [5, 5.41) is 0. The van der Waals surface area contributed by atoms with E-state index < -0.39 is 5.60 Å². The molecule has 0 saturated carbocycles. The third kappa shape index (κ3) is 18.0. The molecule has 0 aromatic carbocycles. The maximum atomic E-state index is 11.8. The third-order valence-corrected chi connectivity index (χ3v) is 4.77. The van der Waals surface area contributed by atoms with E-state index in [9.17, 15) is 4.79 Å². The van der Waals surface area contributed by atoms with Crippen LogP contribution in [0, 0.1) is 0 Å². The van der Waals surface area contributed by atoms with Gasteiger partial charge in [-0.25, -0.2) is 4.79 Å². The molecule has 2 nitrogen and oxygen atoms in total. The molecular weight excluding hydrogens is 320 g/mol. The molecular formula is C24H46O2. The van der Waals surface area contributed by atoms with Crippen molar-refractivity contribution in [3.8, 4) is 0 Å². The average Bonchev–Trinajstić information content (AvgIpc) is 2.56. The number of hydrogen-bond acceptors (Lipinski definition) is 2. The molecule has 0 aliphatic carbocycles. The Morgan fingerprint density at radius 2 is 1.04 bits per heavy atom. The first-order chi connectivity index (χ1) is 12.4. The summed E-state index contributed by atoms with van der Waals surface area (Å²) in [6.07, 6.45) is 21.1. The van der Waals surface area contributed by atoms with E-state index in [2.05, 4.69) is 13.5 Å². The van der Waals surface area contributed by atoms with Crippen LogP contribution in [0.5, 0.6) is 0 Å².